The third-order valence-electron chi connectivity index (χ3n) is 5.02. The lowest BCUT2D eigenvalue weighted by Gasteiger charge is -2.26. The van der Waals surface area contributed by atoms with Crippen LogP contribution in [-0.4, -0.2) is 26.1 Å². The van der Waals surface area contributed by atoms with Gasteiger partial charge < -0.3 is 20.8 Å². The molecule has 2 aromatic carbocycles. The van der Waals surface area contributed by atoms with Gasteiger partial charge in [-0.05, 0) is 24.3 Å². The monoisotopic (exact) mass is 410 g/mol. The van der Waals surface area contributed by atoms with Gasteiger partial charge in [-0.3, -0.25) is 4.57 Å². The minimum absolute atomic E-state index is 0.140. The molecule has 152 valence electrons. The number of fused-ring (bicyclic) bond motifs is 2. The van der Waals surface area contributed by atoms with Gasteiger partial charge in [0.1, 0.15) is 11.3 Å². The van der Waals surface area contributed by atoms with Crippen LogP contribution in [0.3, 0.4) is 0 Å². The zero-order chi connectivity index (χ0) is 20.8. The van der Waals surface area contributed by atoms with Crippen molar-refractivity contribution in [1.82, 2.24) is 19.5 Å². The van der Waals surface area contributed by atoms with Gasteiger partial charge in [0.15, 0.2) is 17.2 Å². The number of imidazole rings is 1. The Kier molecular flexibility index (Phi) is 4.12. The van der Waals surface area contributed by atoms with Gasteiger partial charge in [0, 0.05) is 12.0 Å². The molecule has 30 heavy (non-hydrogen) atoms. The number of nitrogens with two attached hydrogens (primary N) is 1. The van der Waals surface area contributed by atoms with Crippen molar-refractivity contribution in [2.45, 2.75) is 12.5 Å². The van der Waals surface area contributed by atoms with E-state index in [0.29, 0.717) is 28.8 Å². The van der Waals surface area contributed by atoms with Gasteiger partial charge in [-0.25, -0.2) is 18.6 Å². The molecule has 4 N–H and O–H groups in total. The summed E-state index contributed by atoms with van der Waals surface area (Å²) in [5.41, 5.74) is 7.41. The summed E-state index contributed by atoms with van der Waals surface area (Å²) in [5.74, 6) is -0.616. The molecular formula is C20H16F2N6O2. The number of aromatic nitrogens is 4. The Bertz CT molecular complexity index is 1330. The summed E-state index contributed by atoms with van der Waals surface area (Å²) in [6, 6.07) is 8.08. The summed E-state index contributed by atoms with van der Waals surface area (Å²) in [6.07, 6.45) is 1.94. The lowest BCUT2D eigenvalue weighted by molar-refractivity contribution is 0.244. The largest absolute Gasteiger partial charge is 0.490 e. The standard InChI is InChI=1S/C20H16F2N6O2/c21-10-4-5-14(13(23)8-10)25-19-24-9-15-18(27-19)28(20(29)26-15)16-6-7-30-17-11(16)2-1-3-12(17)22/h1-5,8-9,16H,6-7,23H2,(H,26,29)(H,24,25,27). The molecule has 0 radical (unpaired) electrons. The van der Waals surface area contributed by atoms with E-state index in [-0.39, 0.29) is 29.7 Å². The molecule has 10 heteroatoms. The molecule has 3 heterocycles. The highest BCUT2D eigenvalue weighted by Crippen LogP contribution is 2.37. The molecule has 1 aliphatic rings. The molecule has 0 amide bonds. The van der Waals surface area contributed by atoms with Crippen LogP contribution in [0.2, 0.25) is 0 Å². The van der Waals surface area contributed by atoms with Gasteiger partial charge >= 0.3 is 5.69 Å². The number of hydrogen-bond donors (Lipinski definition) is 3. The topological polar surface area (TPSA) is 111 Å². The molecule has 5 rings (SSSR count). The van der Waals surface area contributed by atoms with Crippen LogP contribution >= 0.6 is 0 Å². The minimum Gasteiger partial charge on any atom is -0.490 e. The SMILES string of the molecule is Nc1cc(F)ccc1Nc1ncc2[nH]c(=O)n(C3CCOc4c(F)cccc43)c2n1. The number of anilines is 3. The number of aromatic amines is 1. The summed E-state index contributed by atoms with van der Waals surface area (Å²) >= 11 is 0. The van der Waals surface area contributed by atoms with Crippen molar-refractivity contribution >= 4 is 28.5 Å². The molecule has 2 aromatic heterocycles. The molecule has 0 bridgehead atoms. The number of nitrogens with one attached hydrogen (secondary N) is 2. The van der Waals surface area contributed by atoms with E-state index in [1.165, 1.54) is 35.0 Å². The van der Waals surface area contributed by atoms with Crippen LogP contribution in [0.15, 0.2) is 47.4 Å². The third kappa shape index (κ3) is 2.93. The molecule has 0 saturated carbocycles. The Morgan fingerprint density at radius 1 is 1.27 bits per heavy atom. The second-order valence-corrected chi connectivity index (χ2v) is 6.90. The van der Waals surface area contributed by atoms with E-state index in [1.54, 1.807) is 12.1 Å². The first-order chi connectivity index (χ1) is 14.5. The van der Waals surface area contributed by atoms with Gasteiger partial charge in [0.25, 0.3) is 0 Å². The van der Waals surface area contributed by atoms with Crippen LogP contribution in [-0.2, 0) is 0 Å². The summed E-state index contributed by atoms with van der Waals surface area (Å²) in [4.78, 5) is 24.1. The predicted molar refractivity (Wildman–Crippen MR) is 107 cm³/mol. The number of para-hydroxylation sites is 1. The molecule has 0 aliphatic carbocycles. The van der Waals surface area contributed by atoms with E-state index in [0.717, 1.165) is 0 Å². The van der Waals surface area contributed by atoms with Crippen molar-refractivity contribution in [1.29, 1.82) is 0 Å². The minimum atomic E-state index is -0.478. The Hall–Kier alpha value is -3.95. The Morgan fingerprint density at radius 3 is 2.97 bits per heavy atom. The average Bonchev–Trinajstić information content (AvgIpc) is 3.05. The third-order valence-corrected chi connectivity index (χ3v) is 5.02. The van der Waals surface area contributed by atoms with E-state index >= 15 is 0 Å². The molecular weight excluding hydrogens is 394 g/mol. The molecule has 8 nitrogen and oxygen atoms in total. The fourth-order valence-corrected chi connectivity index (χ4v) is 3.67. The summed E-state index contributed by atoms with van der Waals surface area (Å²) in [5, 5.41) is 2.93. The van der Waals surface area contributed by atoms with Gasteiger partial charge in [-0.1, -0.05) is 12.1 Å². The second kappa shape index (κ2) is 6.83. The van der Waals surface area contributed by atoms with E-state index in [1.807, 2.05) is 0 Å². The van der Waals surface area contributed by atoms with Crippen molar-refractivity contribution in [2.24, 2.45) is 0 Å². The first-order valence-electron chi connectivity index (χ1n) is 9.22. The highest BCUT2D eigenvalue weighted by molar-refractivity contribution is 5.75. The zero-order valence-electron chi connectivity index (χ0n) is 15.5. The van der Waals surface area contributed by atoms with Crippen LogP contribution in [0.1, 0.15) is 18.0 Å². The van der Waals surface area contributed by atoms with Crippen molar-refractivity contribution in [2.75, 3.05) is 17.7 Å². The highest BCUT2D eigenvalue weighted by Gasteiger charge is 2.28. The maximum absolute atomic E-state index is 14.2. The van der Waals surface area contributed by atoms with E-state index in [4.69, 9.17) is 10.5 Å². The van der Waals surface area contributed by atoms with Crippen LogP contribution < -0.4 is 21.5 Å². The summed E-state index contributed by atoms with van der Waals surface area (Å²) < 4.78 is 34.4. The van der Waals surface area contributed by atoms with Crippen molar-refractivity contribution in [3.8, 4) is 5.75 Å². The van der Waals surface area contributed by atoms with E-state index in [2.05, 4.69) is 20.3 Å². The number of hydrogen-bond acceptors (Lipinski definition) is 6. The van der Waals surface area contributed by atoms with E-state index < -0.39 is 17.7 Å². The number of benzene rings is 2. The molecule has 1 aliphatic heterocycles. The van der Waals surface area contributed by atoms with Crippen molar-refractivity contribution < 1.29 is 13.5 Å². The fourth-order valence-electron chi connectivity index (χ4n) is 3.67. The number of rotatable bonds is 3. The number of halogens is 2. The number of nitrogen functional groups attached to an aromatic ring is 1. The second-order valence-electron chi connectivity index (χ2n) is 6.90. The zero-order valence-corrected chi connectivity index (χ0v) is 15.5. The maximum Gasteiger partial charge on any atom is 0.328 e. The first kappa shape index (κ1) is 18.1. The summed E-state index contributed by atoms with van der Waals surface area (Å²) in [6.45, 7) is 0.264. The Morgan fingerprint density at radius 2 is 2.13 bits per heavy atom. The number of nitrogens with zero attached hydrogens (tertiary/aromatic N) is 3. The lowest BCUT2D eigenvalue weighted by Crippen LogP contribution is -2.28. The molecule has 0 spiro atoms. The quantitative estimate of drug-likeness (QED) is 0.448. The number of H-pyrrole nitrogens is 1. The van der Waals surface area contributed by atoms with Crippen LogP contribution in [0.4, 0.5) is 26.1 Å². The lowest BCUT2D eigenvalue weighted by atomic mass is 10.00. The van der Waals surface area contributed by atoms with Crippen LogP contribution in [0.5, 0.6) is 5.75 Å². The van der Waals surface area contributed by atoms with Gasteiger partial charge in [0.05, 0.1) is 30.2 Å². The molecule has 1 unspecified atom stereocenters. The molecule has 1 atom stereocenters. The van der Waals surface area contributed by atoms with Crippen LogP contribution in [0.25, 0.3) is 11.2 Å². The van der Waals surface area contributed by atoms with E-state index in [9.17, 15) is 13.6 Å². The number of ether oxygens (including phenoxy) is 1. The first-order valence-corrected chi connectivity index (χ1v) is 9.22. The average molecular weight is 410 g/mol. The van der Waals surface area contributed by atoms with Gasteiger partial charge in [-0.2, -0.15) is 4.98 Å². The predicted octanol–water partition coefficient (Wildman–Crippen LogP) is 3.10. The van der Waals surface area contributed by atoms with Gasteiger partial charge in [-0.15, -0.1) is 0 Å². The smallest absolute Gasteiger partial charge is 0.328 e. The van der Waals surface area contributed by atoms with Crippen molar-refractivity contribution in [3.63, 3.8) is 0 Å². The molecule has 0 saturated heterocycles. The normalized spacial score (nSPS) is 15.6. The molecule has 0 fully saturated rings. The maximum atomic E-state index is 14.2. The molecule has 4 aromatic rings. The Labute approximate surface area is 168 Å². The summed E-state index contributed by atoms with van der Waals surface area (Å²) in [7, 11) is 0. The highest BCUT2D eigenvalue weighted by atomic mass is 19.1. The fraction of sp³-hybridized carbons (Fsp3) is 0.150. The van der Waals surface area contributed by atoms with Crippen molar-refractivity contribution in [3.05, 3.63) is 70.3 Å². The Balaban J connectivity index is 1.60. The van der Waals surface area contributed by atoms with Gasteiger partial charge in [0.2, 0.25) is 5.95 Å². The van der Waals surface area contributed by atoms with Crippen LogP contribution in [0, 0.1) is 11.6 Å².